The van der Waals surface area contributed by atoms with Crippen LogP contribution in [0, 0.1) is 5.82 Å². The van der Waals surface area contributed by atoms with E-state index in [0.717, 1.165) is 0 Å². The number of carboxylic acid groups (broad SMARTS) is 1. The zero-order valence-electron chi connectivity index (χ0n) is 8.74. The molecule has 1 aromatic rings. The van der Waals surface area contributed by atoms with E-state index in [9.17, 15) is 14.0 Å². The number of aliphatic carboxylic acids is 1. The normalized spacial score (nSPS) is 11.9. The van der Waals surface area contributed by atoms with Gasteiger partial charge in [-0.15, -0.1) is 0 Å². The molecule has 0 aliphatic rings. The Morgan fingerprint density at radius 1 is 1.38 bits per heavy atom. The fraction of sp³-hybridized carbons (Fsp3) is 0.273. The first-order chi connectivity index (χ1) is 7.49. The molecule has 5 heteroatoms. The van der Waals surface area contributed by atoms with E-state index in [4.69, 9.17) is 5.11 Å². The first kappa shape index (κ1) is 12.2. The van der Waals surface area contributed by atoms with Crippen molar-refractivity contribution in [3.05, 3.63) is 35.6 Å². The van der Waals surface area contributed by atoms with E-state index in [0.29, 0.717) is 5.56 Å². The predicted octanol–water partition coefficient (Wildman–Crippen LogP) is 1.48. The van der Waals surface area contributed by atoms with E-state index in [1.807, 2.05) is 0 Å². The summed E-state index contributed by atoms with van der Waals surface area (Å²) in [4.78, 5) is 21.5. The predicted molar refractivity (Wildman–Crippen MR) is 55.2 cm³/mol. The van der Waals surface area contributed by atoms with Gasteiger partial charge >= 0.3 is 5.97 Å². The third-order valence-corrected chi connectivity index (χ3v) is 2.03. The van der Waals surface area contributed by atoms with Gasteiger partial charge in [-0.05, 0) is 17.7 Å². The number of carbonyl (C=O) groups excluding carboxylic acids is 1. The fourth-order valence-corrected chi connectivity index (χ4v) is 1.37. The second kappa shape index (κ2) is 5.25. The second-order valence-electron chi connectivity index (χ2n) is 3.40. The van der Waals surface area contributed by atoms with Crippen LogP contribution >= 0.6 is 0 Å². The molecule has 0 aliphatic heterocycles. The Kier molecular flexibility index (Phi) is 3.99. The SMILES string of the molecule is CC(=O)N[C@H](CC(=O)O)c1ccc(F)cc1. The van der Waals surface area contributed by atoms with Crippen molar-refractivity contribution in [2.75, 3.05) is 0 Å². The monoisotopic (exact) mass is 225 g/mol. The summed E-state index contributed by atoms with van der Waals surface area (Å²) in [7, 11) is 0. The number of amides is 1. The summed E-state index contributed by atoms with van der Waals surface area (Å²) in [6, 6.07) is 4.74. The lowest BCUT2D eigenvalue weighted by Gasteiger charge is -2.16. The van der Waals surface area contributed by atoms with E-state index in [1.54, 1.807) is 0 Å². The average molecular weight is 225 g/mol. The van der Waals surface area contributed by atoms with Gasteiger partial charge in [0.15, 0.2) is 0 Å². The standard InChI is InChI=1S/C11H12FNO3/c1-7(14)13-10(6-11(15)16)8-2-4-9(12)5-3-8/h2-5,10H,6H2,1H3,(H,13,14)(H,15,16)/t10-/m1/s1. The van der Waals surface area contributed by atoms with Crippen LogP contribution in [0.15, 0.2) is 24.3 Å². The van der Waals surface area contributed by atoms with E-state index in [2.05, 4.69) is 5.32 Å². The first-order valence-corrected chi connectivity index (χ1v) is 4.73. The topological polar surface area (TPSA) is 66.4 Å². The van der Waals surface area contributed by atoms with Crippen LogP contribution in [0.4, 0.5) is 4.39 Å². The Hall–Kier alpha value is -1.91. The third-order valence-electron chi connectivity index (χ3n) is 2.03. The summed E-state index contributed by atoms with van der Waals surface area (Å²) < 4.78 is 12.7. The second-order valence-corrected chi connectivity index (χ2v) is 3.40. The number of nitrogens with one attached hydrogen (secondary N) is 1. The molecule has 0 spiro atoms. The molecule has 1 amide bonds. The molecule has 0 radical (unpaired) electrons. The Morgan fingerprint density at radius 3 is 2.38 bits per heavy atom. The minimum Gasteiger partial charge on any atom is -0.481 e. The highest BCUT2D eigenvalue weighted by molar-refractivity contribution is 5.75. The van der Waals surface area contributed by atoms with E-state index >= 15 is 0 Å². The number of halogens is 1. The molecule has 0 unspecified atom stereocenters. The number of carboxylic acids is 1. The van der Waals surface area contributed by atoms with Crippen LogP contribution in [-0.4, -0.2) is 17.0 Å². The summed E-state index contributed by atoms with van der Waals surface area (Å²) in [5.74, 6) is -1.75. The Morgan fingerprint density at radius 2 is 1.94 bits per heavy atom. The van der Waals surface area contributed by atoms with E-state index in [-0.39, 0.29) is 12.3 Å². The quantitative estimate of drug-likeness (QED) is 0.815. The lowest BCUT2D eigenvalue weighted by molar-refractivity contribution is -0.137. The molecule has 0 saturated heterocycles. The highest BCUT2D eigenvalue weighted by Gasteiger charge is 2.16. The van der Waals surface area contributed by atoms with Gasteiger partial charge in [-0.1, -0.05) is 12.1 Å². The lowest BCUT2D eigenvalue weighted by atomic mass is 10.0. The van der Waals surface area contributed by atoms with E-state index < -0.39 is 17.8 Å². The Bertz CT molecular complexity index is 373. The largest absolute Gasteiger partial charge is 0.481 e. The zero-order valence-corrected chi connectivity index (χ0v) is 8.74. The maximum absolute atomic E-state index is 12.7. The van der Waals surface area contributed by atoms with Crippen LogP contribution in [0.25, 0.3) is 0 Å². The summed E-state index contributed by atoms with van der Waals surface area (Å²) in [5.41, 5.74) is 0.569. The van der Waals surface area contributed by atoms with Gasteiger partial charge in [0.2, 0.25) is 5.91 Å². The first-order valence-electron chi connectivity index (χ1n) is 4.73. The number of hydrogen-bond donors (Lipinski definition) is 2. The number of hydrogen-bond acceptors (Lipinski definition) is 2. The van der Waals surface area contributed by atoms with Crippen molar-refractivity contribution >= 4 is 11.9 Å². The van der Waals surface area contributed by atoms with Gasteiger partial charge in [0, 0.05) is 6.92 Å². The highest BCUT2D eigenvalue weighted by atomic mass is 19.1. The van der Waals surface area contributed by atoms with Crippen LogP contribution in [-0.2, 0) is 9.59 Å². The van der Waals surface area contributed by atoms with Gasteiger partial charge in [-0.25, -0.2) is 4.39 Å². The van der Waals surface area contributed by atoms with Crippen LogP contribution < -0.4 is 5.32 Å². The van der Waals surface area contributed by atoms with Crippen molar-refractivity contribution in [3.8, 4) is 0 Å². The zero-order chi connectivity index (χ0) is 12.1. The molecule has 0 heterocycles. The summed E-state index contributed by atoms with van der Waals surface area (Å²) in [6.45, 7) is 1.30. The van der Waals surface area contributed by atoms with Crippen LogP contribution in [0.2, 0.25) is 0 Å². The van der Waals surface area contributed by atoms with Gasteiger partial charge in [0.1, 0.15) is 5.82 Å². The molecule has 1 rings (SSSR count). The van der Waals surface area contributed by atoms with Crippen LogP contribution in [0.5, 0.6) is 0 Å². The maximum atomic E-state index is 12.7. The molecule has 0 bridgehead atoms. The van der Waals surface area contributed by atoms with Crippen LogP contribution in [0.3, 0.4) is 0 Å². The van der Waals surface area contributed by atoms with Crippen molar-refractivity contribution in [1.82, 2.24) is 5.32 Å². The molecule has 1 aromatic carbocycles. The molecule has 0 fully saturated rings. The molecule has 0 aromatic heterocycles. The van der Waals surface area contributed by atoms with Crippen molar-refractivity contribution < 1.29 is 19.1 Å². The van der Waals surface area contributed by atoms with Gasteiger partial charge in [-0.2, -0.15) is 0 Å². The number of benzene rings is 1. The molecule has 16 heavy (non-hydrogen) atoms. The minimum atomic E-state index is -1.02. The Balaban J connectivity index is 2.86. The Labute approximate surface area is 92.1 Å². The molecule has 1 atom stereocenters. The van der Waals surface area contributed by atoms with Gasteiger partial charge < -0.3 is 10.4 Å². The average Bonchev–Trinajstić information content (AvgIpc) is 2.16. The smallest absolute Gasteiger partial charge is 0.305 e. The molecule has 0 aliphatic carbocycles. The fourth-order valence-electron chi connectivity index (χ4n) is 1.37. The van der Waals surface area contributed by atoms with Gasteiger partial charge in [0.05, 0.1) is 12.5 Å². The highest BCUT2D eigenvalue weighted by Crippen LogP contribution is 2.17. The number of carbonyl (C=O) groups is 2. The summed E-state index contributed by atoms with van der Waals surface area (Å²) >= 11 is 0. The minimum absolute atomic E-state index is 0.231. The number of rotatable bonds is 4. The van der Waals surface area contributed by atoms with Gasteiger partial charge in [0.25, 0.3) is 0 Å². The molecular formula is C11H12FNO3. The summed E-state index contributed by atoms with van der Waals surface area (Å²) in [5, 5.41) is 11.2. The molecule has 0 saturated carbocycles. The van der Waals surface area contributed by atoms with Crippen molar-refractivity contribution in [3.63, 3.8) is 0 Å². The maximum Gasteiger partial charge on any atom is 0.305 e. The van der Waals surface area contributed by atoms with E-state index in [1.165, 1.54) is 31.2 Å². The van der Waals surface area contributed by atoms with Crippen molar-refractivity contribution in [2.45, 2.75) is 19.4 Å². The van der Waals surface area contributed by atoms with Gasteiger partial charge in [-0.3, -0.25) is 9.59 Å². The van der Waals surface area contributed by atoms with Crippen LogP contribution in [0.1, 0.15) is 24.9 Å². The third kappa shape index (κ3) is 3.68. The molecule has 4 nitrogen and oxygen atoms in total. The summed E-state index contributed by atoms with van der Waals surface area (Å²) in [6.07, 6.45) is -0.231. The molecular weight excluding hydrogens is 213 g/mol. The van der Waals surface area contributed by atoms with Crippen molar-refractivity contribution in [1.29, 1.82) is 0 Å². The van der Waals surface area contributed by atoms with Crippen molar-refractivity contribution in [2.24, 2.45) is 0 Å². The lowest BCUT2D eigenvalue weighted by Crippen LogP contribution is -2.27. The molecule has 86 valence electrons. The molecule has 2 N–H and O–H groups in total.